The highest BCUT2D eigenvalue weighted by molar-refractivity contribution is 5.93. The van der Waals surface area contributed by atoms with Gasteiger partial charge in [-0.05, 0) is 19.4 Å². The van der Waals surface area contributed by atoms with Crippen molar-refractivity contribution in [2.75, 3.05) is 7.11 Å². The Morgan fingerprint density at radius 3 is 2.63 bits per heavy atom. The molecule has 0 aliphatic carbocycles. The molecular weight excluding hydrogens is 242 g/mol. The zero-order valence-corrected chi connectivity index (χ0v) is 11.1. The summed E-state index contributed by atoms with van der Waals surface area (Å²) < 4.78 is 9.88. The molecule has 0 unspecified atom stereocenters. The number of ether oxygens (including phenoxy) is 1. The maximum atomic E-state index is 11.3. The molecule has 98 valence electrons. The summed E-state index contributed by atoms with van der Waals surface area (Å²) in [5, 5.41) is 4.07. The maximum absolute atomic E-state index is 11.3. The smallest absolute Gasteiger partial charge is 0.330 e. The van der Waals surface area contributed by atoms with Crippen molar-refractivity contribution in [1.29, 1.82) is 0 Å². The van der Waals surface area contributed by atoms with Gasteiger partial charge in [-0.15, -0.1) is 0 Å². The predicted molar refractivity (Wildman–Crippen MR) is 72.3 cm³/mol. The second-order valence-electron chi connectivity index (χ2n) is 4.18. The van der Waals surface area contributed by atoms with Crippen LogP contribution in [-0.4, -0.2) is 18.2 Å². The molecule has 4 nitrogen and oxygen atoms in total. The van der Waals surface area contributed by atoms with Gasteiger partial charge in [0.1, 0.15) is 11.5 Å². The predicted octanol–water partition coefficient (Wildman–Crippen LogP) is 3.23. The number of allylic oxidation sites excluding steroid dienone is 1. The fourth-order valence-electron chi connectivity index (χ4n) is 1.94. The Morgan fingerprint density at radius 2 is 2.00 bits per heavy atom. The lowest BCUT2D eigenvalue weighted by Gasteiger charge is -2.03. The largest absolute Gasteiger partial charge is 0.466 e. The number of carbonyl (C=O) groups excluding carboxylic acids is 1. The number of nitrogens with zero attached hydrogens (tertiary/aromatic N) is 1. The normalized spacial score (nSPS) is 11.4. The lowest BCUT2D eigenvalue weighted by molar-refractivity contribution is -0.134. The molecule has 0 aliphatic heterocycles. The number of benzene rings is 1. The molecule has 1 heterocycles. The summed E-state index contributed by atoms with van der Waals surface area (Å²) in [6, 6.07) is 9.71. The van der Waals surface area contributed by atoms with Crippen molar-refractivity contribution in [2.24, 2.45) is 0 Å². The van der Waals surface area contributed by atoms with Gasteiger partial charge in [-0.25, -0.2) is 4.79 Å². The van der Waals surface area contributed by atoms with E-state index in [-0.39, 0.29) is 0 Å². The van der Waals surface area contributed by atoms with Crippen LogP contribution in [0.15, 0.2) is 40.9 Å². The number of hydrogen-bond acceptors (Lipinski definition) is 4. The Bertz CT molecular complexity index is 612. The van der Waals surface area contributed by atoms with Gasteiger partial charge in [0, 0.05) is 17.2 Å². The van der Waals surface area contributed by atoms with Crippen LogP contribution in [0.2, 0.25) is 0 Å². The van der Waals surface area contributed by atoms with E-state index >= 15 is 0 Å². The third-order valence-corrected chi connectivity index (χ3v) is 2.84. The fourth-order valence-corrected chi connectivity index (χ4v) is 1.94. The van der Waals surface area contributed by atoms with Crippen LogP contribution < -0.4 is 0 Å². The van der Waals surface area contributed by atoms with E-state index in [1.165, 1.54) is 13.2 Å². The van der Waals surface area contributed by atoms with Crippen molar-refractivity contribution in [3.8, 4) is 11.3 Å². The van der Waals surface area contributed by atoms with Crippen LogP contribution in [0.1, 0.15) is 18.2 Å². The number of esters is 1. The number of hydrogen-bond donors (Lipinski definition) is 0. The van der Waals surface area contributed by atoms with Gasteiger partial charge in [0.05, 0.1) is 7.11 Å². The highest BCUT2D eigenvalue weighted by Gasteiger charge is 2.16. The molecule has 2 rings (SSSR count). The van der Waals surface area contributed by atoms with Gasteiger partial charge in [0.15, 0.2) is 0 Å². The summed E-state index contributed by atoms with van der Waals surface area (Å²) in [4.78, 5) is 11.3. The van der Waals surface area contributed by atoms with Gasteiger partial charge in [0.25, 0.3) is 0 Å². The maximum Gasteiger partial charge on any atom is 0.330 e. The van der Waals surface area contributed by atoms with Crippen LogP contribution in [0, 0.1) is 6.92 Å². The first-order valence-corrected chi connectivity index (χ1v) is 5.91. The first-order valence-electron chi connectivity index (χ1n) is 5.91. The minimum absolute atomic E-state index is 0.392. The lowest BCUT2D eigenvalue weighted by atomic mass is 10.0. The molecule has 1 aromatic carbocycles. The average Bonchev–Trinajstić information content (AvgIpc) is 2.81. The van der Waals surface area contributed by atoms with E-state index in [9.17, 15) is 4.79 Å². The molecule has 0 saturated heterocycles. The third kappa shape index (κ3) is 2.73. The molecule has 0 amide bonds. The van der Waals surface area contributed by atoms with E-state index in [1.807, 2.05) is 44.2 Å². The first kappa shape index (κ1) is 13.1. The van der Waals surface area contributed by atoms with Crippen LogP contribution >= 0.6 is 0 Å². The van der Waals surface area contributed by atoms with E-state index in [0.717, 1.165) is 22.4 Å². The Morgan fingerprint density at radius 1 is 1.32 bits per heavy atom. The van der Waals surface area contributed by atoms with Gasteiger partial charge in [-0.3, -0.25) is 0 Å². The third-order valence-electron chi connectivity index (χ3n) is 2.84. The highest BCUT2D eigenvalue weighted by atomic mass is 16.5. The molecule has 1 aromatic heterocycles. The molecule has 0 radical (unpaired) electrons. The monoisotopic (exact) mass is 257 g/mol. The van der Waals surface area contributed by atoms with Gasteiger partial charge in [-0.1, -0.05) is 35.5 Å². The van der Waals surface area contributed by atoms with Crippen molar-refractivity contribution in [3.63, 3.8) is 0 Å². The van der Waals surface area contributed by atoms with Crippen molar-refractivity contribution in [2.45, 2.75) is 13.8 Å². The van der Waals surface area contributed by atoms with E-state index < -0.39 is 5.97 Å². The molecule has 2 aromatic rings. The van der Waals surface area contributed by atoms with Crippen LogP contribution in [0.3, 0.4) is 0 Å². The summed E-state index contributed by atoms with van der Waals surface area (Å²) in [7, 11) is 1.35. The van der Waals surface area contributed by atoms with Crippen LogP contribution in [-0.2, 0) is 9.53 Å². The minimum atomic E-state index is -0.392. The number of aryl methyl sites for hydroxylation is 1. The topological polar surface area (TPSA) is 52.3 Å². The summed E-state index contributed by atoms with van der Waals surface area (Å²) >= 11 is 0. The standard InChI is InChI=1S/C15H15NO3/c1-10(9-13(17)18-3)14-11(2)19-16-15(14)12-7-5-4-6-8-12/h4-9H,1-3H3/b10-9-. The number of rotatable bonds is 3. The van der Waals surface area contributed by atoms with Crippen molar-refractivity contribution < 1.29 is 14.1 Å². The lowest BCUT2D eigenvalue weighted by Crippen LogP contribution is -1.96. The van der Waals surface area contributed by atoms with Crippen molar-refractivity contribution in [1.82, 2.24) is 5.16 Å². The molecule has 0 bridgehead atoms. The van der Waals surface area contributed by atoms with Gasteiger partial charge < -0.3 is 9.26 Å². The molecule has 0 atom stereocenters. The Kier molecular flexibility index (Phi) is 3.80. The van der Waals surface area contributed by atoms with Gasteiger partial charge in [0.2, 0.25) is 0 Å². The molecule has 4 heteroatoms. The second kappa shape index (κ2) is 5.52. The Labute approximate surface area is 111 Å². The average molecular weight is 257 g/mol. The van der Waals surface area contributed by atoms with Gasteiger partial charge >= 0.3 is 5.97 Å². The second-order valence-corrected chi connectivity index (χ2v) is 4.18. The summed E-state index contributed by atoms with van der Waals surface area (Å²) in [6.45, 7) is 3.66. The molecule has 0 fully saturated rings. The van der Waals surface area contributed by atoms with Crippen molar-refractivity contribution >= 4 is 11.5 Å². The Balaban J connectivity index is 2.50. The SMILES string of the molecule is COC(=O)/C=C(/C)c1c(-c2ccccc2)noc1C. The van der Waals surface area contributed by atoms with Crippen LogP contribution in [0.5, 0.6) is 0 Å². The molecular formula is C15H15NO3. The molecule has 0 N–H and O–H groups in total. The number of aromatic nitrogens is 1. The number of methoxy groups -OCH3 is 1. The zero-order valence-electron chi connectivity index (χ0n) is 11.1. The van der Waals surface area contributed by atoms with E-state index in [1.54, 1.807) is 0 Å². The zero-order chi connectivity index (χ0) is 13.8. The van der Waals surface area contributed by atoms with Crippen LogP contribution in [0.4, 0.5) is 0 Å². The summed E-state index contributed by atoms with van der Waals surface area (Å²) in [5.74, 6) is 0.286. The van der Waals surface area contributed by atoms with E-state index in [2.05, 4.69) is 9.89 Å². The first-order chi connectivity index (χ1) is 9.13. The summed E-state index contributed by atoms with van der Waals surface area (Å²) in [6.07, 6.45) is 1.44. The molecule has 19 heavy (non-hydrogen) atoms. The minimum Gasteiger partial charge on any atom is -0.466 e. The highest BCUT2D eigenvalue weighted by Crippen LogP contribution is 2.30. The molecule has 0 aliphatic rings. The number of carbonyl (C=O) groups is 1. The quantitative estimate of drug-likeness (QED) is 0.625. The van der Waals surface area contributed by atoms with E-state index in [4.69, 9.17) is 4.52 Å². The molecule has 0 spiro atoms. The van der Waals surface area contributed by atoms with Gasteiger partial charge in [-0.2, -0.15) is 0 Å². The van der Waals surface area contributed by atoms with E-state index in [0.29, 0.717) is 5.76 Å². The fraction of sp³-hybridized carbons (Fsp3) is 0.200. The Hall–Kier alpha value is -2.36. The summed E-state index contributed by atoms with van der Waals surface area (Å²) in [5.41, 5.74) is 3.28. The van der Waals surface area contributed by atoms with Crippen molar-refractivity contribution in [3.05, 3.63) is 47.7 Å². The van der Waals surface area contributed by atoms with Crippen LogP contribution in [0.25, 0.3) is 16.8 Å². The molecule has 0 saturated carbocycles.